The molecule has 1 saturated heterocycles. The lowest BCUT2D eigenvalue weighted by molar-refractivity contribution is -0.154. The molecule has 4 aliphatic carbocycles. The number of thiocarbonyl (C=S) groups is 1. The summed E-state index contributed by atoms with van der Waals surface area (Å²) in [4.78, 5) is 11.7. The van der Waals surface area contributed by atoms with E-state index in [-0.39, 0.29) is 34.5 Å². The average molecular weight is 514 g/mol. The van der Waals surface area contributed by atoms with Gasteiger partial charge in [0.1, 0.15) is 17.7 Å². The molecule has 0 aromatic carbocycles. The van der Waals surface area contributed by atoms with Gasteiger partial charge in [0.15, 0.2) is 0 Å². The third kappa shape index (κ3) is 3.81. The zero-order chi connectivity index (χ0) is 26.0. The molecule has 4 nitrogen and oxygen atoms in total. The maximum absolute atomic E-state index is 11.7. The Bertz CT molecular complexity index is 973. The quantitative estimate of drug-likeness (QED) is 0.244. The van der Waals surface area contributed by atoms with Gasteiger partial charge in [-0.15, -0.1) is 0 Å². The Kier molecular flexibility index (Phi) is 6.66. The van der Waals surface area contributed by atoms with E-state index in [9.17, 15) is 4.79 Å². The predicted octanol–water partition coefficient (Wildman–Crippen LogP) is 6.99. The van der Waals surface area contributed by atoms with E-state index in [1.807, 2.05) is 0 Å². The summed E-state index contributed by atoms with van der Waals surface area (Å²) in [5.41, 5.74) is 1.61. The highest BCUT2D eigenvalue weighted by molar-refractivity contribution is 7.80. The molecule has 4 fully saturated rings. The largest absolute Gasteiger partial charge is 0.465 e. The van der Waals surface area contributed by atoms with Crippen LogP contribution in [-0.2, 0) is 14.3 Å². The smallest absolute Gasteiger partial charge is 0.302 e. The monoisotopic (exact) mass is 513 g/mol. The third-order valence-electron chi connectivity index (χ3n) is 11.6. The van der Waals surface area contributed by atoms with E-state index in [0.717, 1.165) is 32.1 Å². The lowest BCUT2D eigenvalue weighted by atomic mass is 9.43. The molecular weight excluding hydrogens is 466 g/mol. The normalized spacial score (nSPS) is 45.1. The Morgan fingerprint density at radius 1 is 1.19 bits per heavy atom. The van der Waals surface area contributed by atoms with Crippen molar-refractivity contribution >= 4 is 23.4 Å². The van der Waals surface area contributed by atoms with Crippen LogP contribution >= 0.6 is 12.2 Å². The highest BCUT2D eigenvalue weighted by Gasteiger charge is 2.72. The Morgan fingerprint density at radius 3 is 2.64 bits per heavy atom. The lowest BCUT2D eigenvalue weighted by Gasteiger charge is -2.63. The first-order valence-corrected chi connectivity index (χ1v) is 14.9. The summed E-state index contributed by atoms with van der Waals surface area (Å²) in [7, 11) is 0. The van der Waals surface area contributed by atoms with Gasteiger partial charge in [-0.3, -0.25) is 4.79 Å². The number of carbonyl (C=O) groups excluding carboxylic acids is 1. The van der Waals surface area contributed by atoms with Crippen LogP contribution < -0.4 is 5.32 Å². The van der Waals surface area contributed by atoms with E-state index in [0.29, 0.717) is 40.7 Å². The minimum atomic E-state index is -0.224. The highest BCUT2D eigenvalue weighted by atomic mass is 32.1. The molecule has 5 heteroatoms. The molecule has 10 unspecified atom stereocenters. The maximum Gasteiger partial charge on any atom is 0.302 e. The number of carbonyl (C=O) groups is 1. The number of rotatable bonds is 5. The number of esters is 1. The second-order valence-electron chi connectivity index (χ2n) is 13.6. The average Bonchev–Trinajstić information content (AvgIpc) is 3.31. The molecule has 36 heavy (non-hydrogen) atoms. The number of nitrogens with one attached hydrogen (secondary N) is 1. The van der Waals surface area contributed by atoms with Gasteiger partial charge in [0.2, 0.25) is 0 Å². The highest BCUT2D eigenvalue weighted by Crippen LogP contribution is 2.69. The zero-order valence-corrected chi connectivity index (χ0v) is 24.3. The summed E-state index contributed by atoms with van der Waals surface area (Å²) >= 11 is 5.72. The molecular formula is C31H47NO3S. The number of fused-ring (bicyclic) bond motifs is 3. The van der Waals surface area contributed by atoms with Gasteiger partial charge in [0.05, 0.1) is 0 Å². The van der Waals surface area contributed by atoms with Crippen LogP contribution in [0, 0.1) is 46.3 Å². The topological polar surface area (TPSA) is 47.6 Å². The van der Waals surface area contributed by atoms with E-state index >= 15 is 0 Å². The molecule has 0 bridgehead atoms. The Labute approximate surface area is 224 Å². The molecule has 3 saturated carbocycles. The van der Waals surface area contributed by atoms with Crippen molar-refractivity contribution < 1.29 is 14.3 Å². The van der Waals surface area contributed by atoms with Crippen molar-refractivity contribution in [3.8, 4) is 0 Å². The molecule has 0 aromatic rings. The molecule has 0 amide bonds. The molecule has 1 N–H and O–H groups in total. The van der Waals surface area contributed by atoms with E-state index in [4.69, 9.17) is 21.7 Å². The minimum absolute atomic E-state index is 0.0326. The van der Waals surface area contributed by atoms with Crippen molar-refractivity contribution in [2.75, 3.05) is 0 Å². The molecule has 5 rings (SSSR count). The van der Waals surface area contributed by atoms with Crippen molar-refractivity contribution in [3.05, 3.63) is 23.8 Å². The van der Waals surface area contributed by atoms with Crippen LogP contribution in [0.2, 0.25) is 0 Å². The van der Waals surface area contributed by atoms with E-state index < -0.39 is 0 Å². The van der Waals surface area contributed by atoms with Gasteiger partial charge in [-0.25, -0.2) is 0 Å². The Balaban J connectivity index is 1.48. The van der Waals surface area contributed by atoms with Gasteiger partial charge in [0, 0.05) is 12.3 Å². The van der Waals surface area contributed by atoms with Gasteiger partial charge in [-0.1, -0.05) is 59.8 Å². The zero-order valence-electron chi connectivity index (χ0n) is 23.4. The summed E-state index contributed by atoms with van der Waals surface area (Å²) in [5.74, 6) is 3.36. The third-order valence-corrected chi connectivity index (χ3v) is 11.8. The molecule has 1 spiro atoms. The molecule has 1 aliphatic heterocycles. The first-order chi connectivity index (χ1) is 16.9. The maximum atomic E-state index is 11.7. The van der Waals surface area contributed by atoms with Crippen molar-refractivity contribution in [3.63, 3.8) is 0 Å². The first kappa shape index (κ1) is 26.3. The van der Waals surface area contributed by atoms with Crippen LogP contribution in [0.4, 0.5) is 0 Å². The van der Waals surface area contributed by atoms with Gasteiger partial charge in [-0.2, -0.15) is 0 Å². The summed E-state index contributed by atoms with van der Waals surface area (Å²) in [6.45, 7) is 15.9. The SMILES string of the molecule is CC(=O)OC1CCC2(C)C(CC=C3C4CCC(C(C)/C=C/C(C)C(C)C)C4(C)CC4OC(=S)NC342)C1. The van der Waals surface area contributed by atoms with Crippen LogP contribution in [0.5, 0.6) is 0 Å². The molecule has 5 aliphatic rings. The number of hydrogen-bond acceptors (Lipinski definition) is 4. The fraction of sp³-hybridized carbons (Fsp3) is 0.806. The molecule has 0 radical (unpaired) electrons. The van der Waals surface area contributed by atoms with E-state index in [1.165, 1.54) is 19.8 Å². The van der Waals surface area contributed by atoms with E-state index in [2.05, 4.69) is 65.1 Å². The van der Waals surface area contributed by atoms with Gasteiger partial charge >= 0.3 is 5.97 Å². The number of hydrogen-bond donors (Lipinski definition) is 1. The van der Waals surface area contributed by atoms with Crippen molar-refractivity contribution in [2.45, 2.75) is 111 Å². The summed E-state index contributed by atoms with van der Waals surface area (Å²) in [5, 5.41) is 4.39. The predicted molar refractivity (Wildman–Crippen MR) is 148 cm³/mol. The standard InChI is InChI=1S/C31H47NO3S/c1-18(2)19(3)8-9-20(4)24-12-13-25-26-11-10-22-16-23(34-21(5)33)14-15-30(22,7)31(26)27(17-29(24,25)6)35-28(36)32-31/h8-9,11,18-20,22-25,27H,10,12-17H2,1-7H3,(H,32,36)/b9-8+. The molecule has 10 atom stereocenters. The Morgan fingerprint density at radius 2 is 1.94 bits per heavy atom. The second kappa shape index (κ2) is 9.13. The van der Waals surface area contributed by atoms with Gasteiger partial charge in [0.25, 0.3) is 5.17 Å². The molecule has 200 valence electrons. The van der Waals surface area contributed by atoms with Crippen molar-refractivity contribution in [1.82, 2.24) is 5.32 Å². The van der Waals surface area contributed by atoms with Gasteiger partial charge < -0.3 is 14.8 Å². The van der Waals surface area contributed by atoms with Gasteiger partial charge in [-0.05, 0) is 104 Å². The molecule has 1 heterocycles. The summed E-state index contributed by atoms with van der Waals surface area (Å²) < 4.78 is 12.2. The minimum Gasteiger partial charge on any atom is -0.465 e. The number of ether oxygens (including phenoxy) is 2. The van der Waals surface area contributed by atoms with Crippen LogP contribution in [-0.4, -0.2) is 28.9 Å². The van der Waals surface area contributed by atoms with Crippen LogP contribution in [0.3, 0.4) is 0 Å². The molecule has 0 aromatic heterocycles. The fourth-order valence-electron chi connectivity index (χ4n) is 9.24. The second-order valence-corrected chi connectivity index (χ2v) is 14.0. The van der Waals surface area contributed by atoms with Crippen LogP contribution in [0.1, 0.15) is 93.4 Å². The van der Waals surface area contributed by atoms with Crippen LogP contribution in [0.15, 0.2) is 23.8 Å². The van der Waals surface area contributed by atoms with E-state index in [1.54, 1.807) is 5.57 Å². The first-order valence-electron chi connectivity index (χ1n) is 14.5. The number of allylic oxidation sites excluding steroid dienone is 3. The summed E-state index contributed by atoms with van der Waals surface area (Å²) in [6, 6.07) is 0. The lowest BCUT2D eigenvalue weighted by Crippen LogP contribution is -2.70. The van der Waals surface area contributed by atoms with Crippen molar-refractivity contribution in [2.24, 2.45) is 46.3 Å². The summed E-state index contributed by atoms with van der Waals surface area (Å²) in [6.07, 6.45) is 15.2. The van der Waals surface area contributed by atoms with Crippen LogP contribution in [0.25, 0.3) is 0 Å². The fourth-order valence-corrected chi connectivity index (χ4v) is 9.52. The Hall–Kier alpha value is -1.36. The van der Waals surface area contributed by atoms with Crippen molar-refractivity contribution in [1.29, 1.82) is 0 Å².